The Labute approximate surface area is 124 Å². The zero-order chi connectivity index (χ0) is 16.3. The summed E-state index contributed by atoms with van der Waals surface area (Å²) in [5.74, 6) is -1.31. The Morgan fingerprint density at radius 1 is 1.10 bits per heavy atom. The first kappa shape index (κ1) is 17.8. The van der Waals surface area contributed by atoms with Crippen molar-refractivity contribution in [1.82, 2.24) is 4.90 Å². The topological polar surface area (TPSA) is 20.3 Å². The number of benzene rings is 1. The van der Waals surface area contributed by atoms with Gasteiger partial charge in [0, 0.05) is 11.9 Å². The highest BCUT2D eigenvalue weighted by molar-refractivity contribution is 9.09. The van der Waals surface area contributed by atoms with Crippen LogP contribution in [0.4, 0.5) is 26.3 Å². The lowest BCUT2D eigenvalue weighted by Crippen LogP contribution is -2.40. The molecule has 0 N–H and O–H groups in total. The molecule has 0 unspecified atom stereocenters. The van der Waals surface area contributed by atoms with E-state index in [2.05, 4.69) is 15.9 Å². The number of rotatable bonds is 4. The van der Waals surface area contributed by atoms with E-state index < -0.39 is 35.9 Å². The van der Waals surface area contributed by atoms with Crippen LogP contribution in [0.15, 0.2) is 24.3 Å². The zero-order valence-electron chi connectivity index (χ0n) is 10.4. The second-order valence-corrected chi connectivity index (χ2v) is 4.87. The lowest BCUT2D eigenvalue weighted by molar-refractivity contribution is -0.141. The minimum absolute atomic E-state index is 0.0169. The molecule has 1 aromatic rings. The van der Waals surface area contributed by atoms with Crippen molar-refractivity contribution in [3.05, 3.63) is 35.4 Å². The van der Waals surface area contributed by atoms with Gasteiger partial charge in [-0.25, -0.2) is 0 Å². The fraction of sp³-hybridized carbons (Fsp3) is 0.417. The normalized spacial score (nSPS) is 12.3. The molecule has 0 bridgehead atoms. The second kappa shape index (κ2) is 6.67. The van der Waals surface area contributed by atoms with Crippen molar-refractivity contribution in [1.29, 1.82) is 0 Å². The molecule has 0 saturated carbocycles. The third kappa shape index (κ3) is 5.22. The van der Waals surface area contributed by atoms with Crippen LogP contribution in [0.1, 0.15) is 15.9 Å². The maximum Gasteiger partial charge on any atom is 0.417 e. The van der Waals surface area contributed by atoms with Crippen molar-refractivity contribution >= 4 is 21.8 Å². The Morgan fingerprint density at radius 3 is 2.14 bits per heavy atom. The number of carbonyl (C=O) groups excluding carboxylic acids is 1. The highest BCUT2D eigenvalue weighted by Crippen LogP contribution is 2.32. The monoisotopic (exact) mass is 377 g/mol. The minimum atomic E-state index is -4.81. The summed E-state index contributed by atoms with van der Waals surface area (Å²) in [5.41, 5.74) is -2.05. The highest BCUT2D eigenvalue weighted by atomic mass is 79.9. The van der Waals surface area contributed by atoms with Crippen molar-refractivity contribution in [3.8, 4) is 0 Å². The Bertz CT molecular complexity index is 499. The van der Waals surface area contributed by atoms with E-state index >= 15 is 0 Å². The number of alkyl halides is 7. The van der Waals surface area contributed by atoms with Gasteiger partial charge in [-0.2, -0.15) is 26.3 Å². The largest absolute Gasteiger partial charge is 0.417 e. The molecule has 0 heterocycles. The summed E-state index contributed by atoms with van der Waals surface area (Å²) in [7, 11) is 0. The van der Waals surface area contributed by atoms with E-state index in [1.165, 1.54) is 6.07 Å². The quantitative estimate of drug-likeness (QED) is 0.571. The van der Waals surface area contributed by atoms with Crippen molar-refractivity contribution in [2.75, 3.05) is 18.4 Å². The maximum atomic E-state index is 12.8. The molecule has 0 aliphatic rings. The molecule has 118 valence electrons. The Morgan fingerprint density at radius 2 is 1.67 bits per heavy atom. The number of halogens is 7. The first-order valence-electron chi connectivity index (χ1n) is 5.64. The van der Waals surface area contributed by atoms with Gasteiger partial charge in [-0.3, -0.25) is 4.79 Å². The summed E-state index contributed by atoms with van der Waals surface area (Å²) in [5, 5.41) is 0.0169. The fourth-order valence-corrected chi connectivity index (χ4v) is 2.09. The van der Waals surface area contributed by atoms with Crippen LogP contribution in [0.5, 0.6) is 0 Å². The van der Waals surface area contributed by atoms with E-state index in [9.17, 15) is 31.1 Å². The van der Waals surface area contributed by atoms with Gasteiger partial charge in [0.2, 0.25) is 0 Å². The Kier molecular flexibility index (Phi) is 5.66. The van der Waals surface area contributed by atoms with E-state index in [0.29, 0.717) is 11.0 Å². The molecule has 0 aliphatic carbocycles. The van der Waals surface area contributed by atoms with Crippen LogP contribution in [-0.2, 0) is 6.18 Å². The standard InChI is InChI=1S/C12H10BrF6NO/c13-5-6-20(7-11(14,15)16)10(21)8-3-1-2-4-9(8)12(17,18)19/h1-4H,5-7H2. The molecule has 9 heteroatoms. The first-order chi connectivity index (χ1) is 9.56. The Hall–Kier alpha value is -1.25. The molecule has 0 spiro atoms. The Balaban J connectivity index is 3.16. The summed E-state index contributed by atoms with van der Waals surface area (Å²) in [4.78, 5) is 12.3. The number of hydrogen-bond acceptors (Lipinski definition) is 1. The lowest BCUT2D eigenvalue weighted by atomic mass is 10.1. The van der Waals surface area contributed by atoms with Gasteiger partial charge < -0.3 is 4.90 Å². The second-order valence-electron chi connectivity index (χ2n) is 4.07. The molecule has 2 nitrogen and oxygen atoms in total. The summed E-state index contributed by atoms with van der Waals surface area (Å²) in [6.45, 7) is -1.96. The van der Waals surface area contributed by atoms with Crippen LogP contribution in [-0.4, -0.2) is 35.4 Å². The molecule has 1 aromatic carbocycles. The average molecular weight is 378 g/mol. The summed E-state index contributed by atoms with van der Waals surface area (Å²) >= 11 is 2.87. The van der Waals surface area contributed by atoms with Crippen molar-refractivity contribution in [3.63, 3.8) is 0 Å². The van der Waals surface area contributed by atoms with Crippen LogP contribution in [0.3, 0.4) is 0 Å². The third-order valence-corrected chi connectivity index (χ3v) is 2.83. The molecule has 1 rings (SSSR count). The van der Waals surface area contributed by atoms with E-state index in [1.54, 1.807) is 0 Å². The van der Waals surface area contributed by atoms with Gasteiger partial charge in [0.15, 0.2) is 0 Å². The minimum Gasteiger partial charge on any atom is -0.329 e. The van der Waals surface area contributed by atoms with E-state index in [4.69, 9.17) is 0 Å². The van der Waals surface area contributed by atoms with Crippen LogP contribution >= 0.6 is 15.9 Å². The van der Waals surface area contributed by atoms with Crippen LogP contribution in [0.25, 0.3) is 0 Å². The van der Waals surface area contributed by atoms with Gasteiger partial charge in [-0.15, -0.1) is 0 Å². The fourth-order valence-electron chi connectivity index (χ4n) is 1.66. The van der Waals surface area contributed by atoms with E-state index in [-0.39, 0.29) is 11.9 Å². The molecule has 0 aliphatic heterocycles. The molecule has 0 saturated heterocycles. The van der Waals surface area contributed by atoms with Crippen LogP contribution < -0.4 is 0 Å². The van der Waals surface area contributed by atoms with Crippen molar-refractivity contribution < 1.29 is 31.1 Å². The van der Waals surface area contributed by atoms with E-state index in [0.717, 1.165) is 12.1 Å². The predicted octanol–water partition coefficient (Wildman–Crippen LogP) is 4.10. The highest BCUT2D eigenvalue weighted by Gasteiger charge is 2.38. The smallest absolute Gasteiger partial charge is 0.329 e. The SMILES string of the molecule is O=C(c1ccccc1C(F)(F)F)N(CCBr)CC(F)(F)F. The molecular formula is C12H10BrF6NO. The number of amides is 1. The first-order valence-corrected chi connectivity index (χ1v) is 6.76. The van der Waals surface area contributed by atoms with Gasteiger partial charge in [-0.05, 0) is 12.1 Å². The molecule has 0 atom stereocenters. The van der Waals surface area contributed by atoms with Gasteiger partial charge in [-0.1, -0.05) is 28.1 Å². The van der Waals surface area contributed by atoms with Crippen molar-refractivity contribution in [2.24, 2.45) is 0 Å². The summed E-state index contributed by atoms with van der Waals surface area (Å²) in [6.07, 6.45) is -9.50. The average Bonchev–Trinajstić information content (AvgIpc) is 2.35. The zero-order valence-corrected chi connectivity index (χ0v) is 12.0. The van der Waals surface area contributed by atoms with Crippen molar-refractivity contribution in [2.45, 2.75) is 12.4 Å². The van der Waals surface area contributed by atoms with Gasteiger partial charge in [0.1, 0.15) is 6.54 Å². The molecule has 0 aromatic heterocycles. The summed E-state index contributed by atoms with van der Waals surface area (Å²) < 4.78 is 75.6. The number of hydrogen-bond donors (Lipinski definition) is 0. The summed E-state index contributed by atoms with van der Waals surface area (Å²) in [6, 6.07) is 3.76. The number of carbonyl (C=O) groups is 1. The van der Waals surface area contributed by atoms with Gasteiger partial charge in [0.05, 0.1) is 11.1 Å². The molecular weight excluding hydrogens is 368 g/mol. The maximum absolute atomic E-state index is 12.8. The molecule has 21 heavy (non-hydrogen) atoms. The van der Waals surface area contributed by atoms with Crippen LogP contribution in [0.2, 0.25) is 0 Å². The van der Waals surface area contributed by atoms with E-state index in [1.807, 2.05) is 0 Å². The predicted molar refractivity (Wildman–Crippen MR) is 67.2 cm³/mol. The number of nitrogens with zero attached hydrogens (tertiary/aromatic N) is 1. The molecule has 1 amide bonds. The third-order valence-electron chi connectivity index (χ3n) is 2.47. The van der Waals surface area contributed by atoms with Gasteiger partial charge in [0.25, 0.3) is 5.91 Å². The lowest BCUT2D eigenvalue weighted by Gasteiger charge is -2.24. The van der Waals surface area contributed by atoms with Gasteiger partial charge >= 0.3 is 12.4 Å². The van der Waals surface area contributed by atoms with Crippen LogP contribution in [0, 0.1) is 0 Å². The molecule has 0 fully saturated rings. The molecule has 0 radical (unpaired) electrons.